The second-order valence-corrected chi connectivity index (χ2v) is 6.73. The normalized spacial score (nSPS) is 12.4. The van der Waals surface area contributed by atoms with Crippen molar-refractivity contribution in [2.45, 2.75) is 24.0 Å². The summed E-state index contributed by atoms with van der Waals surface area (Å²) in [6.45, 7) is 3.69. The Hall–Kier alpha value is -2.47. The molecule has 5 nitrogen and oxygen atoms in total. The Morgan fingerprint density at radius 1 is 1.08 bits per heavy atom. The fraction of sp³-hybridized carbons (Fsp3) is 0.263. The van der Waals surface area contributed by atoms with E-state index in [1.165, 1.54) is 11.8 Å². The van der Waals surface area contributed by atoms with Gasteiger partial charge in [0, 0.05) is 10.5 Å². The highest BCUT2D eigenvalue weighted by Gasteiger charge is 2.14. The molecule has 25 heavy (non-hydrogen) atoms. The minimum atomic E-state index is -0.246. The molecule has 0 heterocycles. The van der Waals surface area contributed by atoms with Crippen LogP contribution in [0.3, 0.4) is 0 Å². The summed E-state index contributed by atoms with van der Waals surface area (Å²) in [4.78, 5) is 13.3. The number of carbonyl (C=O) groups excluding carboxylic acids is 1. The maximum Gasteiger partial charge on any atom is 0.253 e. The van der Waals surface area contributed by atoms with Crippen molar-refractivity contribution >= 4 is 23.4 Å². The molecule has 1 unspecified atom stereocenters. The molecule has 0 radical (unpaired) electrons. The van der Waals surface area contributed by atoms with Crippen LogP contribution in [0.2, 0.25) is 0 Å². The van der Waals surface area contributed by atoms with E-state index in [0.717, 1.165) is 10.5 Å². The van der Waals surface area contributed by atoms with E-state index in [9.17, 15) is 4.79 Å². The molecule has 0 aliphatic heterocycles. The second-order valence-electron chi connectivity index (χ2n) is 5.32. The predicted octanol–water partition coefficient (Wildman–Crippen LogP) is 3.72. The summed E-state index contributed by atoms with van der Waals surface area (Å²) in [7, 11) is 3.17. The van der Waals surface area contributed by atoms with Gasteiger partial charge in [0.15, 0.2) is 11.5 Å². The van der Waals surface area contributed by atoms with Gasteiger partial charge < -0.3 is 9.47 Å². The van der Waals surface area contributed by atoms with Gasteiger partial charge in [-0.3, -0.25) is 4.79 Å². The van der Waals surface area contributed by atoms with E-state index in [2.05, 4.69) is 10.5 Å². The summed E-state index contributed by atoms with van der Waals surface area (Å²) in [6, 6.07) is 15.3. The van der Waals surface area contributed by atoms with Gasteiger partial charge in [0.1, 0.15) is 0 Å². The van der Waals surface area contributed by atoms with Crippen LogP contribution in [0.4, 0.5) is 0 Å². The van der Waals surface area contributed by atoms with Gasteiger partial charge in [0.2, 0.25) is 0 Å². The van der Waals surface area contributed by atoms with Gasteiger partial charge in [-0.15, -0.1) is 11.8 Å². The van der Waals surface area contributed by atoms with Crippen LogP contribution in [0.25, 0.3) is 0 Å². The lowest BCUT2D eigenvalue weighted by atomic mass is 10.1. The molecule has 1 amide bonds. The number of carbonyl (C=O) groups is 1. The Morgan fingerprint density at radius 2 is 1.76 bits per heavy atom. The molecule has 0 spiro atoms. The highest BCUT2D eigenvalue weighted by atomic mass is 32.2. The molecule has 0 saturated heterocycles. The third-order valence-corrected chi connectivity index (χ3v) is 4.67. The molecular formula is C19H22N2O3S. The average Bonchev–Trinajstić information content (AvgIpc) is 2.65. The highest BCUT2D eigenvalue weighted by molar-refractivity contribution is 8.00. The molecule has 2 rings (SSSR count). The third-order valence-electron chi connectivity index (χ3n) is 3.56. The molecule has 0 aliphatic rings. The molecular weight excluding hydrogens is 336 g/mol. The van der Waals surface area contributed by atoms with Crippen LogP contribution >= 0.6 is 11.8 Å². The lowest BCUT2D eigenvalue weighted by molar-refractivity contribution is -0.120. The minimum absolute atomic E-state index is 0.145. The van der Waals surface area contributed by atoms with Gasteiger partial charge in [-0.05, 0) is 44.2 Å². The molecule has 0 aliphatic carbocycles. The zero-order valence-corrected chi connectivity index (χ0v) is 15.6. The van der Waals surface area contributed by atoms with Crippen molar-refractivity contribution in [3.05, 3.63) is 54.1 Å². The Balaban J connectivity index is 2.01. The quantitative estimate of drug-likeness (QED) is 0.465. The number of nitrogens with one attached hydrogen (secondary N) is 1. The number of benzene rings is 2. The zero-order valence-electron chi connectivity index (χ0n) is 14.8. The summed E-state index contributed by atoms with van der Waals surface area (Å²) in [5.41, 5.74) is 4.16. The molecule has 0 fully saturated rings. The molecule has 1 atom stereocenters. The number of methoxy groups -OCH3 is 2. The van der Waals surface area contributed by atoms with Gasteiger partial charge in [0.05, 0.1) is 25.2 Å². The first-order valence-electron chi connectivity index (χ1n) is 7.83. The minimum Gasteiger partial charge on any atom is -0.493 e. The maximum absolute atomic E-state index is 12.2. The van der Waals surface area contributed by atoms with Gasteiger partial charge >= 0.3 is 0 Å². The molecule has 2 aromatic carbocycles. The van der Waals surface area contributed by atoms with Gasteiger partial charge in [-0.2, -0.15) is 5.10 Å². The first kappa shape index (κ1) is 18.9. The second kappa shape index (κ2) is 9.13. The number of thioether (sulfide) groups is 1. The van der Waals surface area contributed by atoms with Crippen LogP contribution in [0.15, 0.2) is 58.5 Å². The largest absolute Gasteiger partial charge is 0.493 e. The van der Waals surface area contributed by atoms with E-state index in [1.807, 2.05) is 62.4 Å². The van der Waals surface area contributed by atoms with Crippen LogP contribution in [-0.2, 0) is 4.79 Å². The van der Waals surface area contributed by atoms with Crippen molar-refractivity contribution in [2.75, 3.05) is 14.2 Å². The molecule has 2 aromatic rings. The number of hydrogen-bond donors (Lipinski definition) is 1. The molecule has 0 saturated carbocycles. The zero-order chi connectivity index (χ0) is 18.2. The standard InChI is InChI=1S/C19H22N2O3S/c1-13(15-10-11-17(23-3)18(12-15)24-4)20-21-19(22)14(2)25-16-8-6-5-7-9-16/h5-12,14H,1-4H3,(H,21,22)/b20-13+. The Kier molecular flexibility index (Phi) is 6.89. The lowest BCUT2D eigenvalue weighted by Crippen LogP contribution is -2.27. The van der Waals surface area contributed by atoms with Gasteiger partial charge in [-0.1, -0.05) is 18.2 Å². The van der Waals surface area contributed by atoms with Crippen molar-refractivity contribution in [3.8, 4) is 11.5 Å². The van der Waals surface area contributed by atoms with Crippen molar-refractivity contribution in [2.24, 2.45) is 5.10 Å². The summed E-state index contributed by atoms with van der Waals surface area (Å²) in [6.07, 6.45) is 0. The van der Waals surface area contributed by atoms with E-state index in [1.54, 1.807) is 14.2 Å². The molecule has 6 heteroatoms. The number of amides is 1. The molecule has 0 bridgehead atoms. The number of hydrogen-bond acceptors (Lipinski definition) is 5. The van der Waals surface area contributed by atoms with Crippen molar-refractivity contribution < 1.29 is 14.3 Å². The van der Waals surface area contributed by atoms with E-state index in [4.69, 9.17) is 9.47 Å². The van der Waals surface area contributed by atoms with Crippen LogP contribution < -0.4 is 14.9 Å². The monoisotopic (exact) mass is 358 g/mol. The van der Waals surface area contributed by atoms with Crippen LogP contribution in [0, 0.1) is 0 Å². The topological polar surface area (TPSA) is 59.9 Å². The van der Waals surface area contributed by atoms with Crippen LogP contribution in [-0.4, -0.2) is 31.1 Å². The van der Waals surface area contributed by atoms with E-state index in [-0.39, 0.29) is 11.2 Å². The average molecular weight is 358 g/mol. The number of nitrogens with zero attached hydrogens (tertiary/aromatic N) is 1. The fourth-order valence-electron chi connectivity index (χ4n) is 2.11. The molecule has 132 valence electrons. The highest BCUT2D eigenvalue weighted by Crippen LogP contribution is 2.27. The van der Waals surface area contributed by atoms with Gasteiger partial charge in [0.25, 0.3) is 5.91 Å². The van der Waals surface area contributed by atoms with Crippen LogP contribution in [0.1, 0.15) is 19.4 Å². The third kappa shape index (κ3) is 5.26. The Morgan fingerprint density at radius 3 is 2.40 bits per heavy atom. The smallest absolute Gasteiger partial charge is 0.253 e. The predicted molar refractivity (Wildman–Crippen MR) is 102 cm³/mol. The fourth-order valence-corrected chi connectivity index (χ4v) is 2.99. The van der Waals surface area contributed by atoms with Crippen molar-refractivity contribution in [1.29, 1.82) is 0 Å². The van der Waals surface area contributed by atoms with Gasteiger partial charge in [-0.25, -0.2) is 5.43 Å². The molecule has 0 aromatic heterocycles. The van der Waals surface area contributed by atoms with E-state index < -0.39 is 0 Å². The number of rotatable bonds is 7. The summed E-state index contributed by atoms with van der Waals surface area (Å²) >= 11 is 1.49. The van der Waals surface area contributed by atoms with Crippen molar-refractivity contribution in [1.82, 2.24) is 5.43 Å². The number of hydrazone groups is 1. The maximum atomic E-state index is 12.2. The first-order chi connectivity index (χ1) is 12.0. The Bertz CT molecular complexity index is 748. The van der Waals surface area contributed by atoms with E-state index in [0.29, 0.717) is 17.2 Å². The van der Waals surface area contributed by atoms with Crippen molar-refractivity contribution in [3.63, 3.8) is 0 Å². The number of ether oxygens (including phenoxy) is 2. The van der Waals surface area contributed by atoms with Crippen LogP contribution in [0.5, 0.6) is 11.5 Å². The Labute approximate surface area is 152 Å². The first-order valence-corrected chi connectivity index (χ1v) is 8.71. The molecule has 1 N–H and O–H groups in total. The summed E-state index contributed by atoms with van der Waals surface area (Å²) < 4.78 is 10.5. The SMILES string of the molecule is COc1ccc(/C(C)=N/NC(=O)C(C)Sc2ccccc2)cc1OC. The lowest BCUT2D eigenvalue weighted by Gasteiger charge is -2.11. The summed E-state index contributed by atoms with van der Waals surface area (Å²) in [5.74, 6) is 1.12. The van der Waals surface area contributed by atoms with E-state index >= 15 is 0 Å². The summed E-state index contributed by atoms with van der Waals surface area (Å²) in [5, 5.41) is 3.95.